The van der Waals surface area contributed by atoms with Crippen LogP contribution in [0.25, 0.3) is 0 Å². The van der Waals surface area contributed by atoms with E-state index >= 15 is 0 Å². The highest BCUT2D eigenvalue weighted by Crippen LogP contribution is 2.68. The third-order valence-corrected chi connectivity index (χ3v) is 13.5. The van der Waals surface area contributed by atoms with E-state index in [1.807, 2.05) is 6.92 Å². The second-order valence-electron chi connectivity index (χ2n) is 14.8. The third kappa shape index (κ3) is 4.01. The molecular weight excluding hydrogens is 611 g/mol. The zero-order valence-electron chi connectivity index (χ0n) is 25.5. The van der Waals surface area contributed by atoms with Crippen molar-refractivity contribution in [2.75, 3.05) is 11.8 Å². The zero-order valence-corrected chi connectivity index (χ0v) is 27.0. The van der Waals surface area contributed by atoms with Gasteiger partial charge in [-0.1, -0.05) is 19.4 Å². The van der Waals surface area contributed by atoms with Gasteiger partial charge in [0.25, 0.3) is 0 Å². The number of rotatable bonds is 8. The number of esters is 1. The maximum atomic E-state index is 12.5. The first kappa shape index (κ1) is 31.4. The fourth-order valence-electron chi connectivity index (χ4n) is 10.4. The average molecular weight is 656 g/mol. The normalized spacial score (nSPS) is 50.7. The van der Waals surface area contributed by atoms with Crippen LogP contribution >= 0.6 is 23.2 Å². The molecule has 9 nitrogen and oxygen atoms in total. The van der Waals surface area contributed by atoms with Gasteiger partial charge >= 0.3 is 5.97 Å². The van der Waals surface area contributed by atoms with Gasteiger partial charge in [-0.2, -0.15) is 0 Å². The molecule has 4 aliphatic carbocycles. The van der Waals surface area contributed by atoms with Crippen LogP contribution in [0.15, 0.2) is 12.3 Å². The highest BCUT2D eigenvalue weighted by molar-refractivity contribution is 6.18. The number of carbonyl (C=O) groups excluding carboxylic acids is 3. The smallest absolute Gasteiger partial charge is 0.319 e. The summed E-state index contributed by atoms with van der Waals surface area (Å²) in [5, 5.41) is 22.2. The number of epoxide rings is 2. The second-order valence-corrected chi connectivity index (χ2v) is 15.5. The van der Waals surface area contributed by atoms with E-state index in [2.05, 4.69) is 6.58 Å². The van der Waals surface area contributed by atoms with Crippen molar-refractivity contribution >= 4 is 40.7 Å². The van der Waals surface area contributed by atoms with Crippen LogP contribution in [0.3, 0.4) is 0 Å². The summed E-state index contributed by atoms with van der Waals surface area (Å²) in [6.07, 6.45) is 6.63. The van der Waals surface area contributed by atoms with E-state index in [9.17, 15) is 24.6 Å². The highest BCUT2D eigenvalue weighted by atomic mass is 35.5. The van der Waals surface area contributed by atoms with Crippen molar-refractivity contribution in [3.05, 3.63) is 12.3 Å². The number of aliphatic hydroxyl groups excluding tert-OH is 2. The first-order valence-electron chi connectivity index (χ1n) is 16.4. The van der Waals surface area contributed by atoms with Gasteiger partial charge in [0.15, 0.2) is 0 Å². The van der Waals surface area contributed by atoms with Gasteiger partial charge in [-0.15, -0.1) is 23.2 Å². The second kappa shape index (κ2) is 10.6. The van der Waals surface area contributed by atoms with E-state index in [0.29, 0.717) is 42.9 Å². The fraction of sp³-hybridized carbons (Fsp3) is 0.848. The number of aliphatic hydroxyl groups is 2. The number of ketones is 2. The zero-order chi connectivity index (χ0) is 31.4. The number of halogens is 2. The molecule has 244 valence electrons. The van der Waals surface area contributed by atoms with E-state index in [1.165, 1.54) is 0 Å². The van der Waals surface area contributed by atoms with E-state index in [-0.39, 0.29) is 54.1 Å². The average Bonchev–Trinajstić information content (AvgIpc) is 3.91. The topological polar surface area (TPSA) is 135 Å². The predicted molar refractivity (Wildman–Crippen MR) is 159 cm³/mol. The van der Waals surface area contributed by atoms with Gasteiger partial charge in [0.05, 0.1) is 48.5 Å². The molecule has 0 aromatic carbocycles. The van der Waals surface area contributed by atoms with Crippen molar-refractivity contribution in [2.24, 2.45) is 34.5 Å². The van der Waals surface area contributed by atoms with Crippen LogP contribution in [-0.4, -0.2) is 87.3 Å². The van der Waals surface area contributed by atoms with Gasteiger partial charge in [-0.25, -0.2) is 0 Å². The molecule has 0 aromatic heterocycles. The number of fused-ring (bicyclic) bond motifs is 4. The van der Waals surface area contributed by atoms with Crippen LogP contribution in [-0.2, 0) is 33.3 Å². The third-order valence-electron chi connectivity index (χ3n) is 13.0. The van der Waals surface area contributed by atoms with E-state index in [4.69, 9.17) is 42.1 Å². The lowest BCUT2D eigenvalue weighted by Crippen LogP contribution is -2.71. The minimum absolute atomic E-state index is 0.0166. The fourth-order valence-corrected chi connectivity index (χ4v) is 10.9. The molecule has 0 radical (unpaired) electrons. The summed E-state index contributed by atoms with van der Waals surface area (Å²) in [6, 6.07) is 0. The van der Waals surface area contributed by atoms with E-state index in [1.54, 1.807) is 6.92 Å². The molecule has 0 amide bonds. The van der Waals surface area contributed by atoms with Crippen molar-refractivity contribution in [3.8, 4) is 0 Å². The molecule has 0 spiro atoms. The molecule has 8 aliphatic rings. The Balaban J connectivity index is 0.000000142. The van der Waals surface area contributed by atoms with Crippen molar-refractivity contribution < 1.29 is 43.5 Å². The Kier molecular flexibility index (Phi) is 7.59. The number of carbonyl (C=O) groups is 3. The largest absolute Gasteiger partial charge is 0.490 e. The van der Waals surface area contributed by atoms with Gasteiger partial charge in [0.1, 0.15) is 39.4 Å². The highest BCUT2D eigenvalue weighted by Gasteiger charge is 2.80. The molecule has 4 saturated heterocycles. The quantitative estimate of drug-likeness (QED) is 0.227. The Morgan fingerprint density at radius 1 is 0.773 bits per heavy atom. The number of Topliss-reactive ketones (excluding diaryl/α,β-unsaturated/α-hetero) is 2. The summed E-state index contributed by atoms with van der Waals surface area (Å²) in [6.45, 7) is 7.73. The van der Waals surface area contributed by atoms with Gasteiger partial charge in [-0.3, -0.25) is 14.4 Å². The first-order valence-corrected chi connectivity index (χ1v) is 17.4. The van der Waals surface area contributed by atoms with Crippen LogP contribution in [0.4, 0.5) is 0 Å². The molecule has 44 heavy (non-hydrogen) atoms. The van der Waals surface area contributed by atoms with Crippen LogP contribution in [0.2, 0.25) is 0 Å². The van der Waals surface area contributed by atoms with Crippen molar-refractivity contribution in [3.63, 3.8) is 0 Å². The summed E-state index contributed by atoms with van der Waals surface area (Å²) in [7, 11) is 0. The van der Waals surface area contributed by atoms with E-state index in [0.717, 1.165) is 38.5 Å². The maximum Gasteiger partial charge on any atom is 0.319 e. The lowest BCUT2D eigenvalue weighted by atomic mass is 9.58. The van der Waals surface area contributed by atoms with Crippen LogP contribution in [0, 0.1) is 34.5 Å². The minimum atomic E-state index is -1.10. The lowest BCUT2D eigenvalue weighted by molar-refractivity contribution is -0.265. The van der Waals surface area contributed by atoms with Crippen LogP contribution in [0.5, 0.6) is 0 Å². The molecular formula is C33H44Cl2O9. The number of hydrogen-bond acceptors (Lipinski definition) is 9. The molecule has 0 aromatic rings. The molecule has 14 atom stereocenters. The molecule has 8 rings (SSSR count). The van der Waals surface area contributed by atoms with Crippen LogP contribution < -0.4 is 0 Å². The summed E-state index contributed by atoms with van der Waals surface area (Å²) in [4.78, 5) is 37.3. The summed E-state index contributed by atoms with van der Waals surface area (Å²) in [5.74, 6) is 0.378. The molecule has 11 heteroatoms. The standard InChI is InChI=1S/C17H23ClO4.C16H21ClO5/c1-9-17(15(20)10-4-3-5-13-14(10)21-13)8-12(19)11(6-7-18)16(17,2)22-9;1-15-9(5-6-17)10(18)7-16(15,14(20)22-15)13(19)8-3-2-4-11-12(8)21-11/h10-11,13-15,20H,1,3-8H2,2H3;8-9,11-13,19H,2-7H2,1H3/t10-,11-,13-,14+,15-,16-,17-;8-,9-,11+,12-,13-,15-,16+/m00/s1. The Morgan fingerprint density at radius 2 is 1.23 bits per heavy atom. The SMILES string of the molecule is C=C1O[C@@]2(C)[C@@H](CCCl)C(=O)C[C@@]12[C@@H](O)[C@H]1CCC[C@@H]2O[C@H]12.C[C@@]12OC(=O)[C@]1([C@@H](O)[C@H]1CCC[C@H]3O[C@@H]13)CC(=O)[C@@H]2CCCl. The molecule has 4 aliphatic heterocycles. The van der Waals surface area contributed by atoms with Gasteiger partial charge in [-0.05, 0) is 52.4 Å². The number of hydrogen-bond donors (Lipinski definition) is 2. The minimum Gasteiger partial charge on any atom is -0.490 e. The van der Waals surface area contributed by atoms with E-state index < -0.39 is 46.1 Å². The molecule has 8 fully saturated rings. The monoisotopic (exact) mass is 654 g/mol. The van der Waals surface area contributed by atoms with Crippen LogP contribution in [0.1, 0.15) is 78.1 Å². The Morgan fingerprint density at radius 3 is 1.68 bits per heavy atom. The maximum absolute atomic E-state index is 12.5. The Labute approximate surface area is 268 Å². The van der Waals surface area contributed by atoms with Gasteiger partial charge < -0.3 is 29.2 Å². The molecule has 0 unspecified atom stereocenters. The van der Waals surface area contributed by atoms with Gasteiger partial charge in [0.2, 0.25) is 0 Å². The summed E-state index contributed by atoms with van der Waals surface area (Å²) in [5.41, 5.74) is -3.34. The molecule has 0 bridgehead atoms. The Hall–Kier alpha value is -1.23. The molecule has 2 N–H and O–H groups in total. The van der Waals surface area contributed by atoms with Crippen molar-refractivity contribution in [2.45, 2.75) is 126 Å². The number of ether oxygens (including phenoxy) is 4. The lowest BCUT2D eigenvalue weighted by Gasteiger charge is -2.59. The predicted octanol–water partition coefficient (Wildman–Crippen LogP) is 3.86. The first-order chi connectivity index (χ1) is 20.9. The summed E-state index contributed by atoms with van der Waals surface area (Å²) < 4.78 is 22.6. The van der Waals surface area contributed by atoms with Crippen molar-refractivity contribution in [1.29, 1.82) is 0 Å². The van der Waals surface area contributed by atoms with Gasteiger partial charge in [0, 0.05) is 36.4 Å². The summed E-state index contributed by atoms with van der Waals surface area (Å²) >= 11 is 11.7. The van der Waals surface area contributed by atoms with Crippen molar-refractivity contribution in [1.82, 2.24) is 0 Å². The number of alkyl halides is 2. The Bertz CT molecular complexity index is 1170. The molecule has 4 saturated carbocycles. The molecule has 4 heterocycles.